The molecule has 0 amide bonds. The van der Waals surface area contributed by atoms with Crippen LogP contribution in [0.25, 0.3) is 0 Å². The molecule has 1 aromatic rings. The molecule has 0 aromatic heterocycles. The van der Waals surface area contributed by atoms with Gasteiger partial charge in [-0.1, -0.05) is 50.0 Å². The fraction of sp³-hybridized carbons (Fsp3) is 0.312. The second-order valence-corrected chi connectivity index (χ2v) is 10.7. The third-order valence-electron chi connectivity index (χ3n) is 3.28. The first-order valence-corrected chi connectivity index (χ1v) is 9.88. The van der Waals surface area contributed by atoms with E-state index in [4.69, 9.17) is 4.74 Å². The maximum Gasteiger partial charge on any atom is 0.0889 e. The molecule has 0 spiro atoms. The molecule has 1 nitrogen and oxygen atoms in total. The summed E-state index contributed by atoms with van der Waals surface area (Å²) in [5.74, 6) is 1.34. The van der Waals surface area contributed by atoms with E-state index in [1.165, 1.54) is 17.0 Å². The van der Waals surface area contributed by atoms with Gasteiger partial charge in [0.15, 0.2) is 0 Å². The van der Waals surface area contributed by atoms with Crippen molar-refractivity contribution in [3.05, 3.63) is 66.6 Å². The molecule has 0 bridgehead atoms. The largest absolute Gasteiger partial charge is 0.376 e. The van der Waals surface area contributed by atoms with Crippen LogP contribution in [0.15, 0.2) is 30.3 Å². The molecule has 0 unspecified atom stereocenters. The van der Waals surface area contributed by atoms with Gasteiger partial charge in [0.2, 0.25) is 0 Å². The summed E-state index contributed by atoms with van der Waals surface area (Å²) >= 11 is 0. The van der Waals surface area contributed by atoms with Crippen molar-refractivity contribution in [2.45, 2.75) is 25.7 Å². The van der Waals surface area contributed by atoms with Gasteiger partial charge in [-0.05, 0) is 30.4 Å². The van der Waals surface area contributed by atoms with Gasteiger partial charge in [0.25, 0.3) is 0 Å². The quantitative estimate of drug-likeness (QED) is 0.740. The van der Waals surface area contributed by atoms with Crippen LogP contribution in [0, 0.1) is 30.7 Å². The molecule has 0 N–H and O–H groups in total. The second kappa shape index (κ2) is 5.58. The minimum absolute atomic E-state index is 0.0583. The van der Waals surface area contributed by atoms with Crippen molar-refractivity contribution in [1.82, 2.24) is 0 Å². The molecule has 2 heteroatoms. The molecular weight excluding hydrogens is 236 g/mol. The molecule has 1 aliphatic carbocycles. The highest BCUT2D eigenvalue weighted by Crippen LogP contribution is 2.47. The van der Waals surface area contributed by atoms with Crippen LogP contribution in [0.4, 0.5) is 0 Å². The molecule has 0 aliphatic heterocycles. The van der Waals surface area contributed by atoms with Crippen molar-refractivity contribution in [1.29, 1.82) is 0 Å². The number of hydrogen-bond donors (Lipinski definition) is 0. The highest BCUT2D eigenvalue weighted by Gasteiger charge is 2.43. The molecule has 0 heterocycles. The van der Waals surface area contributed by atoms with Gasteiger partial charge < -0.3 is 4.74 Å². The van der Waals surface area contributed by atoms with Gasteiger partial charge in [0, 0.05) is 13.0 Å². The summed E-state index contributed by atoms with van der Waals surface area (Å²) in [6.07, 6.45) is 6.67. The van der Waals surface area contributed by atoms with E-state index in [1.807, 2.05) is 6.07 Å². The number of methoxy groups -OCH3 is 1. The molecule has 18 heavy (non-hydrogen) atoms. The molecule has 2 rings (SSSR count). The third kappa shape index (κ3) is 2.86. The predicted octanol–water partition coefficient (Wildman–Crippen LogP) is 4.03. The molecule has 1 aromatic carbocycles. The van der Waals surface area contributed by atoms with Gasteiger partial charge in [0.05, 0.1) is 14.2 Å². The summed E-state index contributed by atoms with van der Waals surface area (Å²) < 4.78 is 5.74. The third-order valence-corrected chi connectivity index (χ3v) is 5.35. The average molecular weight is 257 g/mol. The van der Waals surface area contributed by atoms with E-state index in [0.717, 1.165) is 0 Å². The summed E-state index contributed by atoms with van der Waals surface area (Å²) in [6, 6.07) is 10.4. The normalized spacial score (nSPS) is 20.2. The van der Waals surface area contributed by atoms with E-state index in [-0.39, 0.29) is 6.10 Å². The van der Waals surface area contributed by atoms with Crippen LogP contribution in [-0.2, 0) is 4.74 Å². The first-order chi connectivity index (χ1) is 8.54. The smallest absolute Gasteiger partial charge is 0.0889 e. The highest BCUT2D eigenvalue weighted by molar-refractivity contribution is 6.82. The Bertz CT molecular complexity index is 368. The summed E-state index contributed by atoms with van der Waals surface area (Å²) in [5, 5.41) is 0. The van der Waals surface area contributed by atoms with E-state index in [9.17, 15) is 0 Å². The van der Waals surface area contributed by atoms with Crippen LogP contribution in [0.3, 0.4) is 0 Å². The lowest BCUT2D eigenvalue weighted by Gasteiger charge is -2.34. The van der Waals surface area contributed by atoms with Gasteiger partial charge in [-0.15, -0.1) is 0 Å². The lowest BCUT2D eigenvalue weighted by Crippen LogP contribution is -2.35. The molecule has 95 valence electrons. The number of rotatable bonds is 4. The maximum atomic E-state index is 5.74. The zero-order chi connectivity index (χ0) is 13.2. The lowest BCUT2D eigenvalue weighted by atomic mass is 9.94. The molecule has 1 fully saturated rings. The first-order valence-electron chi connectivity index (χ1n) is 6.38. The Morgan fingerprint density at radius 3 is 2.22 bits per heavy atom. The van der Waals surface area contributed by atoms with Crippen molar-refractivity contribution in [2.24, 2.45) is 0 Å². The Morgan fingerprint density at radius 2 is 1.67 bits per heavy atom. The topological polar surface area (TPSA) is 9.23 Å². The summed E-state index contributed by atoms with van der Waals surface area (Å²) in [7, 11) is 0.473. The molecular formula is C16H21OSi. The van der Waals surface area contributed by atoms with Crippen LogP contribution >= 0.6 is 0 Å². The fourth-order valence-corrected chi connectivity index (χ4v) is 4.09. The minimum atomic E-state index is -1.32. The Hall–Kier alpha value is -0.603. The average Bonchev–Trinajstić information content (AvgIpc) is 2.80. The summed E-state index contributed by atoms with van der Waals surface area (Å²) in [4.78, 5) is 0. The van der Waals surface area contributed by atoms with Gasteiger partial charge in [-0.25, -0.2) is 0 Å². The van der Waals surface area contributed by atoms with Gasteiger partial charge in [0.1, 0.15) is 0 Å². The van der Waals surface area contributed by atoms with Crippen molar-refractivity contribution >= 4 is 8.07 Å². The van der Waals surface area contributed by atoms with E-state index >= 15 is 0 Å². The van der Waals surface area contributed by atoms with E-state index in [1.54, 1.807) is 7.11 Å². The molecule has 1 atom stereocenters. The zero-order valence-electron chi connectivity index (χ0n) is 11.6. The van der Waals surface area contributed by atoms with Crippen LogP contribution in [0.5, 0.6) is 0 Å². The Morgan fingerprint density at radius 1 is 1.00 bits per heavy atom. The van der Waals surface area contributed by atoms with Crippen molar-refractivity contribution < 1.29 is 4.74 Å². The van der Waals surface area contributed by atoms with E-state index < -0.39 is 8.07 Å². The van der Waals surface area contributed by atoms with Gasteiger partial charge >= 0.3 is 0 Å². The SMILES string of the molecule is CO[C@@H]([C]1[CH][CH][CH][C]1[Si](C)(C)C)c1ccccc1. The standard InChI is InChI=1S/C16H21OSi/c1-17-16(13-9-6-5-7-10-13)14-11-8-12-15(14)18(2,3)4/h5-12,16H,1-4H3/t16-/m1/s1. The number of hydrogen-bond acceptors (Lipinski definition) is 1. The van der Waals surface area contributed by atoms with Crippen LogP contribution < -0.4 is 0 Å². The Labute approximate surface area is 113 Å². The summed E-state index contributed by atoms with van der Waals surface area (Å²) in [5.41, 5.74) is 2.73. The van der Waals surface area contributed by atoms with Gasteiger partial charge in [-0.2, -0.15) is 0 Å². The fourth-order valence-electron chi connectivity index (χ4n) is 2.42. The van der Waals surface area contributed by atoms with E-state index in [0.29, 0.717) is 0 Å². The van der Waals surface area contributed by atoms with Crippen LogP contribution in [0.2, 0.25) is 19.6 Å². The minimum Gasteiger partial charge on any atom is -0.376 e. The van der Waals surface area contributed by atoms with Crippen LogP contribution in [0.1, 0.15) is 11.7 Å². The van der Waals surface area contributed by atoms with Crippen molar-refractivity contribution in [3.63, 3.8) is 0 Å². The van der Waals surface area contributed by atoms with Crippen molar-refractivity contribution in [2.75, 3.05) is 7.11 Å². The first kappa shape index (κ1) is 13.8. The van der Waals surface area contributed by atoms with Crippen molar-refractivity contribution in [3.8, 4) is 0 Å². The second-order valence-electron chi connectivity index (χ2n) is 5.67. The Kier molecular flexibility index (Phi) is 4.28. The Balaban J connectivity index is 2.23. The maximum absolute atomic E-state index is 5.74. The molecule has 5 radical (unpaired) electrons. The summed E-state index contributed by atoms with van der Waals surface area (Å²) in [6.45, 7) is 7.14. The molecule has 0 saturated heterocycles. The monoisotopic (exact) mass is 257 g/mol. The zero-order valence-corrected chi connectivity index (χ0v) is 12.6. The number of ether oxygens (including phenoxy) is 1. The lowest BCUT2D eigenvalue weighted by molar-refractivity contribution is 0.120. The van der Waals surface area contributed by atoms with Gasteiger partial charge in [-0.3, -0.25) is 0 Å². The number of benzene rings is 1. The highest BCUT2D eigenvalue weighted by atomic mass is 28.3. The predicted molar refractivity (Wildman–Crippen MR) is 78.9 cm³/mol. The van der Waals surface area contributed by atoms with E-state index in [2.05, 4.69) is 63.2 Å². The molecule has 1 saturated carbocycles. The van der Waals surface area contributed by atoms with Crippen LogP contribution in [-0.4, -0.2) is 15.2 Å². The molecule has 1 aliphatic rings.